The lowest BCUT2D eigenvalue weighted by atomic mass is 9.89. The van der Waals surface area contributed by atoms with E-state index in [0.29, 0.717) is 0 Å². The second kappa shape index (κ2) is 9.24. The van der Waals surface area contributed by atoms with Gasteiger partial charge in [0.2, 0.25) is 0 Å². The van der Waals surface area contributed by atoms with Crippen LogP contribution in [0.5, 0.6) is 0 Å². The predicted molar refractivity (Wildman–Crippen MR) is 72.1 cm³/mol. The zero-order valence-electron chi connectivity index (χ0n) is 15.6. The van der Waals surface area contributed by atoms with Gasteiger partial charge in [-0.25, -0.2) is 4.39 Å². The molecule has 2 N–H and O–H groups in total. The Labute approximate surface area is 176 Å². The highest BCUT2D eigenvalue weighted by Gasteiger charge is 2.96. The van der Waals surface area contributed by atoms with E-state index in [1.165, 1.54) is 0 Å². The molecule has 23 heteroatoms. The molecule has 1 unspecified atom stereocenters. The van der Waals surface area contributed by atoms with Crippen LogP contribution in [-0.4, -0.2) is 80.2 Å². The third-order valence-corrected chi connectivity index (χ3v) is 4.11. The minimum Gasteiger partial charge on any atom is -0.323 e. The van der Waals surface area contributed by atoms with E-state index in [1.54, 1.807) is 0 Å². The van der Waals surface area contributed by atoms with Gasteiger partial charge in [-0.2, -0.15) is 83.1 Å². The first kappa shape index (κ1) is 34.8. The molecule has 0 aliphatic heterocycles. The van der Waals surface area contributed by atoms with E-state index < -0.39 is 63.3 Å². The van der Waals surface area contributed by atoms with Crippen molar-refractivity contribution in [1.29, 1.82) is 0 Å². The highest BCUT2D eigenvalue weighted by atomic mass is 32.2. The molecule has 0 spiro atoms. The smallest absolute Gasteiger partial charge is 0.323 e. The molecule has 0 bridgehead atoms. The quantitative estimate of drug-likeness (QED) is 0.315. The average molecular weight is 577 g/mol. The standard InChI is InChI=1S/C9H2F18O3S.C2H7N/c10-1(31(28,29)30)2(11,12)3(13,14)4(15,16)5(17,18)6(19,20)7(21,22)8(23,24)9(25,26)27;1-3-2/h1H,(H,28,29,30);3H,1-2H3. The minimum absolute atomic E-state index is 1.88. The van der Waals surface area contributed by atoms with Crippen molar-refractivity contribution in [2.75, 3.05) is 14.1 Å². The molecule has 34 heavy (non-hydrogen) atoms. The molecule has 0 saturated carbocycles. The van der Waals surface area contributed by atoms with Crippen molar-refractivity contribution in [1.82, 2.24) is 5.32 Å². The van der Waals surface area contributed by atoms with Gasteiger partial charge < -0.3 is 5.32 Å². The molecule has 0 fully saturated rings. The predicted octanol–water partition coefficient (Wildman–Crippen LogP) is 5.01. The number of nitrogens with one attached hydrogen (secondary N) is 1. The van der Waals surface area contributed by atoms with Crippen molar-refractivity contribution in [2.24, 2.45) is 0 Å². The summed E-state index contributed by atoms with van der Waals surface area (Å²) in [6, 6.07) is 0. The van der Waals surface area contributed by atoms with Gasteiger partial charge >= 0.3 is 57.8 Å². The van der Waals surface area contributed by atoms with Crippen LogP contribution in [0.4, 0.5) is 79.0 Å². The van der Waals surface area contributed by atoms with Gasteiger partial charge in [0.25, 0.3) is 5.50 Å². The maximum Gasteiger partial charge on any atom is 0.460 e. The SMILES string of the molecule is CNC.O=S(=O)(O)C(F)C(F)(F)C(F)(F)C(F)(F)C(F)(F)C(F)(F)C(F)(F)C(F)(F)C(F)(F)F. The lowest BCUT2D eigenvalue weighted by Gasteiger charge is -2.42. The first-order chi connectivity index (χ1) is 14.3. The van der Waals surface area contributed by atoms with Crippen LogP contribution in [0.3, 0.4) is 0 Å². The minimum atomic E-state index is -8.97. The van der Waals surface area contributed by atoms with Gasteiger partial charge in [0.05, 0.1) is 0 Å². The van der Waals surface area contributed by atoms with Crippen molar-refractivity contribution >= 4 is 10.1 Å². The molecule has 0 aliphatic carbocycles. The summed E-state index contributed by atoms with van der Waals surface area (Å²) in [4.78, 5) is 0. The topological polar surface area (TPSA) is 66.4 Å². The van der Waals surface area contributed by atoms with E-state index in [0.717, 1.165) is 0 Å². The molecule has 0 rings (SSSR count). The molecular formula is C11H9F18NO3S. The fourth-order valence-corrected chi connectivity index (χ4v) is 2.03. The first-order valence-corrected chi connectivity index (χ1v) is 8.72. The molecule has 0 radical (unpaired) electrons. The molecule has 208 valence electrons. The Balaban J connectivity index is 0. The van der Waals surface area contributed by atoms with Crippen molar-refractivity contribution in [3.05, 3.63) is 0 Å². The third-order valence-electron chi connectivity index (χ3n) is 3.29. The number of alkyl halides is 18. The van der Waals surface area contributed by atoms with Crippen LogP contribution in [-0.2, 0) is 10.1 Å². The number of hydrogen-bond donors (Lipinski definition) is 2. The van der Waals surface area contributed by atoms with Gasteiger partial charge in [0.15, 0.2) is 0 Å². The molecular weight excluding hydrogens is 568 g/mol. The Hall–Kier alpha value is -1.39. The summed E-state index contributed by atoms with van der Waals surface area (Å²) >= 11 is 0. The maximum atomic E-state index is 13.2. The van der Waals surface area contributed by atoms with E-state index in [4.69, 9.17) is 4.55 Å². The Bertz CT molecular complexity index is 804. The summed E-state index contributed by atoms with van der Waals surface area (Å²) in [5.41, 5.74) is -6.03. The van der Waals surface area contributed by atoms with Crippen molar-refractivity contribution in [3.63, 3.8) is 0 Å². The van der Waals surface area contributed by atoms with Crippen molar-refractivity contribution in [3.8, 4) is 0 Å². The largest absolute Gasteiger partial charge is 0.460 e. The zero-order valence-corrected chi connectivity index (χ0v) is 16.4. The van der Waals surface area contributed by atoms with Crippen LogP contribution >= 0.6 is 0 Å². The molecule has 0 amide bonds. The maximum absolute atomic E-state index is 13.2. The van der Waals surface area contributed by atoms with Gasteiger partial charge in [-0.3, -0.25) is 4.55 Å². The van der Waals surface area contributed by atoms with E-state index >= 15 is 0 Å². The summed E-state index contributed by atoms with van der Waals surface area (Å²) in [5, 5.41) is 2.75. The van der Waals surface area contributed by atoms with E-state index in [-0.39, 0.29) is 0 Å². The fraction of sp³-hybridized carbons (Fsp3) is 1.00. The Morgan fingerprint density at radius 2 is 0.765 bits per heavy atom. The summed E-state index contributed by atoms with van der Waals surface area (Å²) in [5.74, 6) is -60.2. The van der Waals surface area contributed by atoms with E-state index in [9.17, 15) is 87.4 Å². The monoisotopic (exact) mass is 577 g/mol. The summed E-state index contributed by atoms with van der Waals surface area (Å²) in [7, 11) is -3.49. The van der Waals surface area contributed by atoms with Crippen LogP contribution in [0, 0.1) is 0 Å². The first-order valence-electron chi connectivity index (χ1n) is 7.22. The van der Waals surface area contributed by atoms with E-state index in [1.807, 2.05) is 14.1 Å². The van der Waals surface area contributed by atoms with E-state index in [2.05, 4.69) is 5.32 Å². The zero-order chi connectivity index (χ0) is 28.8. The van der Waals surface area contributed by atoms with Gasteiger partial charge in [0.1, 0.15) is 0 Å². The summed E-state index contributed by atoms with van der Waals surface area (Å²) in [6.07, 6.45) is -7.92. The Morgan fingerprint density at radius 1 is 0.559 bits per heavy atom. The molecule has 1 atom stereocenters. The molecule has 0 aliphatic rings. The summed E-state index contributed by atoms with van der Waals surface area (Å²) in [6.45, 7) is 0. The van der Waals surface area contributed by atoms with Crippen LogP contribution in [0.1, 0.15) is 0 Å². The van der Waals surface area contributed by atoms with Crippen LogP contribution in [0.2, 0.25) is 0 Å². The Morgan fingerprint density at radius 3 is 0.971 bits per heavy atom. The highest BCUT2D eigenvalue weighted by Crippen LogP contribution is 2.64. The average Bonchev–Trinajstić information content (AvgIpc) is 2.58. The van der Waals surface area contributed by atoms with Gasteiger partial charge in [0, 0.05) is 0 Å². The molecule has 0 aromatic carbocycles. The number of halogens is 18. The number of hydrogen-bond acceptors (Lipinski definition) is 3. The molecule has 0 aromatic heterocycles. The van der Waals surface area contributed by atoms with Crippen molar-refractivity contribution < 1.29 is 92.0 Å². The fourth-order valence-electron chi connectivity index (χ4n) is 1.51. The normalized spacial score (nSPS) is 16.6. The Kier molecular flexibility index (Phi) is 9.45. The molecule has 4 nitrogen and oxygen atoms in total. The third kappa shape index (κ3) is 4.95. The summed E-state index contributed by atoms with van der Waals surface area (Å²) < 4.78 is 258. The highest BCUT2D eigenvalue weighted by molar-refractivity contribution is 7.86. The van der Waals surface area contributed by atoms with Gasteiger partial charge in [-0.05, 0) is 14.1 Å². The number of rotatable bonds is 8. The lowest BCUT2D eigenvalue weighted by Crippen LogP contribution is -2.75. The van der Waals surface area contributed by atoms with Crippen molar-refractivity contribution in [2.45, 2.75) is 53.1 Å². The van der Waals surface area contributed by atoms with Crippen LogP contribution in [0.15, 0.2) is 0 Å². The molecule has 0 aromatic rings. The molecule has 0 heterocycles. The van der Waals surface area contributed by atoms with Crippen LogP contribution in [0.25, 0.3) is 0 Å². The molecule has 0 saturated heterocycles. The van der Waals surface area contributed by atoms with Crippen LogP contribution < -0.4 is 5.32 Å². The second-order valence-corrected chi connectivity index (χ2v) is 7.34. The van der Waals surface area contributed by atoms with Gasteiger partial charge in [-0.15, -0.1) is 0 Å². The second-order valence-electron chi connectivity index (χ2n) is 5.90. The van der Waals surface area contributed by atoms with Gasteiger partial charge in [-0.1, -0.05) is 0 Å². The lowest BCUT2D eigenvalue weighted by molar-refractivity contribution is -0.462.